The highest BCUT2D eigenvalue weighted by molar-refractivity contribution is 6.01. The van der Waals surface area contributed by atoms with Gasteiger partial charge in [0, 0.05) is 11.6 Å². The third-order valence-electron chi connectivity index (χ3n) is 5.08. The Bertz CT molecular complexity index is 1190. The van der Waals surface area contributed by atoms with Crippen molar-refractivity contribution in [3.05, 3.63) is 95.8 Å². The first kappa shape index (κ1) is 24.3. The first-order valence-electron chi connectivity index (χ1n) is 10.6. The number of aromatic hydroxyl groups is 1. The van der Waals surface area contributed by atoms with Gasteiger partial charge in [-0.2, -0.15) is 0 Å². The molecular weight excluding hydrogens is 437 g/mol. The molecule has 0 saturated heterocycles. The number of hydrogen-bond donors (Lipinski definition) is 4. The van der Waals surface area contributed by atoms with E-state index >= 15 is 0 Å². The van der Waals surface area contributed by atoms with E-state index in [0.717, 1.165) is 11.6 Å². The van der Waals surface area contributed by atoms with Gasteiger partial charge in [-0.1, -0.05) is 48.9 Å². The molecule has 0 radical (unpaired) electrons. The number of para-hydroxylation sites is 2. The predicted octanol–water partition coefficient (Wildman–Crippen LogP) is 5.54. The molecule has 0 saturated carbocycles. The highest BCUT2D eigenvalue weighted by Crippen LogP contribution is 2.30. The Hall–Kier alpha value is -4.33. The van der Waals surface area contributed by atoms with Crippen LogP contribution in [0.4, 0.5) is 26.2 Å². The van der Waals surface area contributed by atoms with E-state index in [2.05, 4.69) is 10.6 Å². The van der Waals surface area contributed by atoms with E-state index < -0.39 is 35.6 Å². The lowest BCUT2D eigenvalue weighted by Crippen LogP contribution is -2.21. The van der Waals surface area contributed by atoms with Crippen LogP contribution in [-0.4, -0.2) is 17.1 Å². The number of anilines is 3. The Morgan fingerprint density at radius 2 is 1.76 bits per heavy atom. The molecule has 2 amide bonds. The largest absolute Gasteiger partial charge is 0.505 e. The van der Waals surface area contributed by atoms with E-state index in [1.807, 2.05) is 19.1 Å². The summed E-state index contributed by atoms with van der Waals surface area (Å²) >= 11 is 0. The van der Waals surface area contributed by atoms with E-state index in [9.17, 15) is 19.1 Å². The van der Waals surface area contributed by atoms with Crippen molar-refractivity contribution in [2.75, 3.05) is 16.4 Å². The third kappa shape index (κ3) is 6.59. The lowest BCUT2D eigenvalue weighted by Gasteiger charge is -2.23. The normalized spacial score (nSPS) is 12.7. The van der Waals surface area contributed by atoms with Crippen LogP contribution >= 0.6 is 0 Å². The number of ether oxygens (including phenoxy) is 1. The van der Waals surface area contributed by atoms with Gasteiger partial charge < -0.3 is 20.9 Å². The van der Waals surface area contributed by atoms with Crippen LogP contribution in [0.15, 0.2) is 78.9 Å². The smallest absolute Gasteiger partial charge is 0.412 e. The van der Waals surface area contributed by atoms with Crippen molar-refractivity contribution in [1.29, 1.82) is 0 Å². The third-order valence-corrected chi connectivity index (χ3v) is 5.08. The van der Waals surface area contributed by atoms with Crippen molar-refractivity contribution in [2.45, 2.75) is 20.0 Å². The molecule has 0 bridgehead atoms. The Balaban J connectivity index is 1.76. The molecule has 8 heteroatoms. The molecule has 3 aromatic rings. The summed E-state index contributed by atoms with van der Waals surface area (Å²) in [7, 11) is 0. The minimum Gasteiger partial charge on any atom is -0.505 e. The molecule has 5 N–H and O–H groups in total. The SMILES string of the molecule is Cc1ccc(NC(=O)O[C@@H](c2ccc(O)c(F)c2)[C@@H](C)/C=C/C(=O)Nc2ccccc2N)cc1. The number of nitrogens with two attached hydrogens (primary N) is 1. The quantitative estimate of drug-likeness (QED) is 0.271. The molecule has 176 valence electrons. The van der Waals surface area contributed by atoms with Crippen LogP contribution in [0, 0.1) is 18.7 Å². The molecule has 34 heavy (non-hydrogen) atoms. The summed E-state index contributed by atoms with van der Waals surface area (Å²) in [6.45, 7) is 3.64. The number of carbonyl (C=O) groups is 2. The van der Waals surface area contributed by atoms with Crippen LogP contribution in [0.2, 0.25) is 0 Å². The first-order valence-corrected chi connectivity index (χ1v) is 10.6. The van der Waals surface area contributed by atoms with Crippen molar-refractivity contribution in [1.82, 2.24) is 0 Å². The van der Waals surface area contributed by atoms with Crippen LogP contribution < -0.4 is 16.4 Å². The number of nitrogen functional groups attached to an aromatic ring is 1. The van der Waals surface area contributed by atoms with Gasteiger partial charge in [0.05, 0.1) is 11.4 Å². The van der Waals surface area contributed by atoms with E-state index in [1.165, 1.54) is 18.2 Å². The number of nitrogens with one attached hydrogen (secondary N) is 2. The van der Waals surface area contributed by atoms with Gasteiger partial charge in [-0.15, -0.1) is 0 Å². The molecular formula is C26H26FN3O4. The van der Waals surface area contributed by atoms with E-state index in [-0.39, 0.29) is 0 Å². The molecule has 0 unspecified atom stereocenters. The summed E-state index contributed by atoms with van der Waals surface area (Å²) in [5.74, 6) is -2.32. The predicted molar refractivity (Wildman–Crippen MR) is 130 cm³/mol. The fourth-order valence-electron chi connectivity index (χ4n) is 3.20. The average molecular weight is 464 g/mol. The highest BCUT2D eigenvalue weighted by Gasteiger charge is 2.24. The maximum absolute atomic E-state index is 14.0. The van der Waals surface area contributed by atoms with Crippen molar-refractivity contribution in [3.8, 4) is 5.75 Å². The second-order valence-electron chi connectivity index (χ2n) is 7.82. The molecule has 0 spiro atoms. The summed E-state index contributed by atoms with van der Waals surface area (Å²) < 4.78 is 19.6. The summed E-state index contributed by atoms with van der Waals surface area (Å²) in [6.07, 6.45) is 1.15. The zero-order valence-electron chi connectivity index (χ0n) is 18.8. The van der Waals surface area contributed by atoms with Gasteiger partial charge >= 0.3 is 6.09 Å². The standard InChI is InChI=1S/C26H26FN3O4/c1-16-7-11-19(12-8-16)29-26(33)34-25(18-10-13-23(31)20(27)15-18)17(2)9-14-24(32)30-22-6-4-3-5-21(22)28/h3-15,17,25,31H,28H2,1-2H3,(H,29,33)(H,30,32)/b14-9+/t17-,25+/m0/s1. The number of halogens is 1. The molecule has 3 aromatic carbocycles. The van der Waals surface area contributed by atoms with Crippen LogP contribution in [0.3, 0.4) is 0 Å². The van der Waals surface area contributed by atoms with Crippen molar-refractivity contribution >= 4 is 29.1 Å². The molecule has 0 aromatic heterocycles. The lowest BCUT2D eigenvalue weighted by atomic mass is 9.96. The van der Waals surface area contributed by atoms with Crippen LogP contribution in [0.1, 0.15) is 24.2 Å². The van der Waals surface area contributed by atoms with Crippen LogP contribution in [-0.2, 0) is 9.53 Å². The maximum atomic E-state index is 14.0. The molecule has 7 nitrogen and oxygen atoms in total. The number of carbonyl (C=O) groups excluding carboxylic acids is 2. The van der Waals surface area contributed by atoms with Crippen molar-refractivity contribution in [2.24, 2.45) is 5.92 Å². The molecule has 2 atom stereocenters. The Morgan fingerprint density at radius 3 is 2.44 bits per heavy atom. The minimum atomic E-state index is -0.939. The molecule has 0 aliphatic rings. The van der Waals surface area contributed by atoms with E-state index in [0.29, 0.717) is 22.6 Å². The Morgan fingerprint density at radius 1 is 1.06 bits per heavy atom. The fraction of sp³-hybridized carbons (Fsp3) is 0.154. The van der Waals surface area contributed by atoms with Gasteiger partial charge in [0.2, 0.25) is 5.91 Å². The van der Waals surface area contributed by atoms with Gasteiger partial charge in [0.1, 0.15) is 6.10 Å². The molecule has 0 aliphatic heterocycles. The van der Waals surface area contributed by atoms with Gasteiger partial charge in [-0.05, 0) is 55.0 Å². The number of amides is 2. The molecule has 0 aliphatic carbocycles. The number of phenols is 1. The number of aryl methyl sites for hydroxylation is 1. The topological polar surface area (TPSA) is 114 Å². The highest BCUT2D eigenvalue weighted by atomic mass is 19.1. The van der Waals surface area contributed by atoms with Gasteiger partial charge in [0.25, 0.3) is 0 Å². The summed E-state index contributed by atoms with van der Waals surface area (Å²) in [5.41, 5.74) is 8.62. The second-order valence-corrected chi connectivity index (χ2v) is 7.82. The number of phenolic OH excluding ortho intramolecular Hbond substituents is 1. The van der Waals surface area contributed by atoms with Gasteiger partial charge in [-0.25, -0.2) is 9.18 Å². The molecule has 0 fully saturated rings. The van der Waals surface area contributed by atoms with E-state index in [1.54, 1.807) is 49.4 Å². The first-order chi connectivity index (χ1) is 16.2. The van der Waals surface area contributed by atoms with Gasteiger partial charge in [-0.3, -0.25) is 10.1 Å². The maximum Gasteiger partial charge on any atom is 0.412 e. The monoisotopic (exact) mass is 463 g/mol. The molecule has 0 heterocycles. The molecule has 3 rings (SSSR count). The summed E-state index contributed by atoms with van der Waals surface area (Å²) in [6, 6.07) is 17.7. The second kappa shape index (κ2) is 11.0. The number of hydrogen-bond acceptors (Lipinski definition) is 5. The minimum absolute atomic E-state index is 0.319. The Kier molecular flexibility index (Phi) is 7.87. The number of rotatable bonds is 7. The van der Waals surface area contributed by atoms with Crippen molar-refractivity contribution < 1.29 is 23.8 Å². The van der Waals surface area contributed by atoms with Crippen LogP contribution in [0.25, 0.3) is 0 Å². The van der Waals surface area contributed by atoms with Crippen molar-refractivity contribution in [3.63, 3.8) is 0 Å². The summed E-state index contributed by atoms with van der Waals surface area (Å²) in [5, 5.41) is 14.8. The Labute approximate surface area is 197 Å². The zero-order chi connectivity index (χ0) is 24.7. The zero-order valence-corrected chi connectivity index (χ0v) is 18.8. The summed E-state index contributed by atoms with van der Waals surface area (Å²) in [4.78, 5) is 24.9. The van der Waals surface area contributed by atoms with Crippen LogP contribution in [0.5, 0.6) is 5.75 Å². The van der Waals surface area contributed by atoms with Gasteiger partial charge in [0.15, 0.2) is 11.6 Å². The average Bonchev–Trinajstić information content (AvgIpc) is 2.81. The number of benzene rings is 3. The van der Waals surface area contributed by atoms with E-state index in [4.69, 9.17) is 10.5 Å². The fourth-order valence-corrected chi connectivity index (χ4v) is 3.20. The lowest BCUT2D eigenvalue weighted by molar-refractivity contribution is -0.111.